The van der Waals surface area contributed by atoms with Gasteiger partial charge >= 0.3 is 0 Å². The number of carbonyl (C=O) groups excluding carboxylic acids is 1. The number of nitrogens with zero attached hydrogens (tertiary/aromatic N) is 4. The first-order valence-electron chi connectivity index (χ1n) is 9.19. The maximum atomic E-state index is 13.6. The lowest BCUT2D eigenvalue weighted by molar-refractivity contribution is -0.156. The second kappa shape index (κ2) is 7.14. The first-order valence-corrected chi connectivity index (χ1v) is 9.19. The zero-order chi connectivity index (χ0) is 20.8. The summed E-state index contributed by atoms with van der Waals surface area (Å²) >= 11 is 0. The molecule has 1 saturated heterocycles. The monoisotopic (exact) mass is 404 g/mol. The Balaban J connectivity index is 1.60. The van der Waals surface area contributed by atoms with Crippen LogP contribution in [0.1, 0.15) is 25.3 Å². The summed E-state index contributed by atoms with van der Waals surface area (Å²) in [7, 11) is 0. The molecule has 4 rings (SSSR count). The van der Waals surface area contributed by atoms with Crippen molar-refractivity contribution in [2.24, 2.45) is 0 Å². The van der Waals surface area contributed by atoms with Crippen LogP contribution in [-0.4, -0.2) is 49.4 Å². The molecule has 0 radical (unpaired) electrons. The van der Waals surface area contributed by atoms with E-state index in [4.69, 9.17) is 0 Å². The zero-order valence-electron chi connectivity index (χ0n) is 15.6. The molecule has 9 heteroatoms. The van der Waals surface area contributed by atoms with Gasteiger partial charge in [-0.3, -0.25) is 14.5 Å². The Morgan fingerprint density at radius 3 is 2.69 bits per heavy atom. The Labute approximate surface area is 164 Å². The van der Waals surface area contributed by atoms with Gasteiger partial charge in [0.25, 0.3) is 6.43 Å². The number of benzene rings is 1. The van der Waals surface area contributed by atoms with E-state index in [0.29, 0.717) is 28.6 Å². The van der Waals surface area contributed by atoms with E-state index in [0.717, 1.165) is 12.1 Å². The lowest BCUT2D eigenvalue weighted by Crippen LogP contribution is -2.63. The normalized spacial score (nSPS) is 15.7. The standard InChI is InChI=1S/C20H19F3N4O2/c1-2-20(29)10-26(11-20)18(28)9-27-17-6-13(7-24-16(17)8-25-27)12-3-4-15(21)14(5-12)19(22)23/h3-8,19,29H,2,9-11H2,1H3. The van der Waals surface area contributed by atoms with Crippen LogP contribution in [0.2, 0.25) is 0 Å². The van der Waals surface area contributed by atoms with E-state index >= 15 is 0 Å². The summed E-state index contributed by atoms with van der Waals surface area (Å²) in [6.07, 6.45) is 0.663. The molecule has 152 valence electrons. The van der Waals surface area contributed by atoms with Crippen LogP contribution < -0.4 is 0 Å². The largest absolute Gasteiger partial charge is 0.386 e. The molecule has 0 saturated carbocycles. The number of amides is 1. The highest BCUT2D eigenvalue weighted by Crippen LogP contribution is 2.29. The molecule has 0 spiro atoms. The van der Waals surface area contributed by atoms with Gasteiger partial charge in [-0.2, -0.15) is 5.10 Å². The van der Waals surface area contributed by atoms with Crippen molar-refractivity contribution in [3.8, 4) is 11.1 Å². The van der Waals surface area contributed by atoms with Crippen molar-refractivity contribution in [3.63, 3.8) is 0 Å². The van der Waals surface area contributed by atoms with Crippen LogP contribution in [0.15, 0.2) is 36.7 Å². The molecule has 0 aliphatic carbocycles. The van der Waals surface area contributed by atoms with E-state index in [9.17, 15) is 23.1 Å². The number of hydrogen-bond donors (Lipinski definition) is 1. The summed E-state index contributed by atoms with van der Waals surface area (Å²) in [6.45, 7) is 2.42. The van der Waals surface area contributed by atoms with Crippen LogP contribution >= 0.6 is 0 Å². The van der Waals surface area contributed by atoms with Gasteiger partial charge in [-0.15, -0.1) is 0 Å². The average molecular weight is 404 g/mol. The molecule has 1 aliphatic rings. The van der Waals surface area contributed by atoms with E-state index in [1.54, 1.807) is 11.0 Å². The van der Waals surface area contributed by atoms with Gasteiger partial charge in [0.2, 0.25) is 5.91 Å². The van der Waals surface area contributed by atoms with Crippen LogP contribution in [0.25, 0.3) is 22.2 Å². The maximum absolute atomic E-state index is 13.6. The van der Waals surface area contributed by atoms with Crippen LogP contribution in [-0.2, 0) is 11.3 Å². The minimum Gasteiger partial charge on any atom is -0.386 e. The number of aliphatic hydroxyl groups is 1. The number of pyridine rings is 1. The van der Waals surface area contributed by atoms with Gasteiger partial charge in [-0.1, -0.05) is 13.0 Å². The summed E-state index contributed by atoms with van der Waals surface area (Å²) in [5.74, 6) is -1.14. The number of hydrogen-bond acceptors (Lipinski definition) is 4. The van der Waals surface area contributed by atoms with Gasteiger partial charge in [-0.05, 0) is 30.2 Å². The van der Waals surface area contributed by atoms with Crippen molar-refractivity contribution in [1.82, 2.24) is 19.7 Å². The molecule has 1 aliphatic heterocycles. The molecule has 1 fully saturated rings. The van der Waals surface area contributed by atoms with Crippen LogP contribution in [0.5, 0.6) is 0 Å². The third-order valence-corrected chi connectivity index (χ3v) is 5.33. The third-order valence-electron chi connectivity index (χ3n) is 5.33. The topological polar surface area (TPSA) is 71.2 Å². The lowest BCUT2D eigenvalue weighted by Gasteiger charge is -2.46. The molecule has 1 N–H and O–H groups in total. The Bertz CT molecular complexity index is 1080. The summed E-state index contributed by atoms with van der Waals surface area (Å²) in [4.78, 5) is 18.3. The second-order valence-corrected chi connectivity index (χ2v) is 7.30. The van der Waals surface area contributed by atoms with Crippen molar-refractivity contribution >= 4 is 16.9 Å². The molecule has 3 heterocycles. The molecular formula is C20H19F3N4O2. The van der Waals surface area contributed by atoms with Crippen LogP contribution in [0, 0.1) is 5.82 Å². The third kappa shape index (κ3) is 3.57. The quantitative estimate of drug-likeness (QED) is 0.709. The van der Waals surface area contributed by atoms with Gasteiger partial charge in [0.1, 0.15) is 17.9 Å². The number of aromatic nitrogens is 3. The lowest BCUT2D eigenvalue weighted by atomic mass is 9.91. The van der Waals surface area contributed by atoms with Gasteiger partial charge in [0.05, 0.1) is 36.0 Å². The molecular weight excluding hydrogens is 385 g/mol. The Morgan fingerprint density at radius 2 is 2.00 bits per heavy atom. The fourth-order valence-electron chi connectivity index (χ4n) is 3.42. The molecule has 29 heavy (non-hydrogen) atoms. The van der Waals surface area contributed by atoms with E-state index < -0.39 is 23.4 Å². The van der Waals surface area contributed by atoms with Gasteiger partial charge < -0.3 is 10.0 Å². The molecule has 3 aromatic rings. The highest BCUT2D eigenvalue weighted by molar-refractivity contribution is 5.83. The van der Waals surface area contributed by atoms with Crippen molar-refractivity contribution < 1.29 is 23.1 Å². The number of alkyl halides is 2. The smallest absolute Gasteiger partial charge is 0.266 e. The van der Waals surface area contributed by atoms with E-state index in [1.807, 2.05) is 6.92 Å². The van der Waals surface area contributed by atoms with Crippen molar-refractivity contribution in [3.05, 3.63) is 48.0 Å². The fraction of sp³-hybridized carbons (Fsp3) is 0.350. The minimum atomic E-state index is -2.92. The Morgan fingerprint density at radius 1 is 1.24 bits per heavy atom. The van der Waals surface area contributed by atoms with E-state index in [-0.39, 0.29) is 25.5 Å². The molecule has 0 unspecified atom stereocenters. The Kier molecular flexibility index (Phi) is 4.77. The molecule has 1 aromatic carbocycles. The summed E-state index contributed by atoms with van der Waals surface area (Å²) in [6, 6.07) is 5.19. The van der Waals surface area contributed by atoms with Crippen molar-refractivity contribution in [2.75, 3.05) is 13.1 Å². The Hall–Kier alpha value is -2.94. The number of fused-ring (bicyclic) bond motifs is 1. The van der Waals surface area contributed by atoms with Gasteiger partial charge in [-0.25, -0.2) is 13.2 Å². The number of rotatable bonds is 5. The first-order chi connectivity index (χ1) is 13.8. The fourth-order valence-corrected chi connectivity index (χ4v) is 3.42. The second-order valence-electron chi connectivity index (χ2n) is 7.30. The van der Waals surface area contributed by atoms with Crippen LogP contribution in [0.3, 0.4) is 0 Å². The van der Waals surface area contributed by atoms with Crippen molar-refractivity contribution in [1.29, 1.82) is 0 Å². The predicted octanol–water partition coefficient (Wildman–Crippen LogP) is 3.16. The molecule has 0 atom stereocenters. The number of halogens is 3. The predicted molar refractivity (Wildman–Crippen MR) is 99.7 cm³/mol. The van der Waals surface area contributed by atoms with E-state index in [1.165, 1.54) is 23.1 Å². The number of carbonyl (C=O) groups is 1. The zero-order valence-corrected chi connectivity index (χ0v) is 15.6. The number of likely N-dealkylation sites (tertiary alicyclic amines) is 1. The summed E-state index contributed by atoms with van der Waals surface area (Å²) in [5, 5.41) is 14.3. The highest BCUT2D eigenvalue weighted by Gasteiger charge is 2.41. The summed E-state index contributed by atoms with van der Waals surface area (Å²) in [5.41, 5.74) is 0.523. The highest BCUT2D eigenvalue weighted by atomic mass is 19.3. The van der Waals surface area contributed by atoms with Gasteiger partial charge in [0, 0.05) is 11.8 Å². The average Bonchev–Trinajstić information content (AvgIpc) is 3.07. The molecule has 2 aromatic heterocycles. The molecule has 0 bridgehead atoms. The van der Waals surface area contributed by atoms with Crippen molar-refractivity contribution in [2.45, 2.75) is 31.9 Å². The molecule has 6 nitrogen and oxygen atoms in total. The maximum Gasteiger partial charge on any atom is 0.266 e. The molecule has 1 amide bonds. The first kappa shape index (κ1) is 19.4. The van der Waals surface area contributed by atoms with Gasteiger partial charge in [0.15, 0.2) is 0 Å². The summed E-state index contributed by atoms with van der Waals surface area (Å²) < 4.78 is 41.1. The number of β-amino-alcohol motifs (C(OH)–C–C–N with tert-alkyl or cyclic N) is 1. The SMILES string of the molecule is CCC1(O)CN(C(=O)Cn2ncc3ncc(-c4ccc(F)c(C(F)F)c4)cc32)C1. The van der Waals surface area contributed by atoms with Crippen LogP contribution in [0.4, 0.5) is 13.2 Å². The minimum absolute atomic E-state index is 0.0276. The van der Waals surface area contributed by atoms with E-state index in [2.05, 4.69) is 10.1 Å².